The number of hydrogen-bond donors (Lipinski definition) is 0. The van der Waals surface area contributed by atoms with E-state index in [9.17, 15) is 13.2 Å². The Morgan fingerprint density at radius 1 is 1.32 bits per heavy atom. The molecule has 0 bridgehead atoms. The lowest BCUT2D eigenvalue weighted by Gasteiger charge is -2.00. The van der Waals surface area contributed by atoms with Gasteiger partial charge in [0.2, 0.25) is 9.84 Å². The smallest absolute Gasteiger partial charge is 0.321 e. The quantitative estimate of drug-likeness (QED) is 0.324. The summed E-state index contributed by atoms with van der Waals surface area (Å²) in [6, 6.07) is 9.17. The molecule has 0 unspecified atom stereocenters. The molecule has 104 valence electrons. The van der Waals surface area contributed by atoms with Gasteiger partial charge in [-0.25, -0.2) is 8.42 Å². The highest BCUT2D eigenvalue weighted by Gasteiger charge is 2.15. The second kappa shape index (κ2) is 7.52. The van der Waals surface area contributed by atoms with E-state index in [4.69, 9.17) is 4.84 Å². The molecule has 0 aromatic heterocycles. The highest BCUT2D eigenvalue weighted by Crippen LogP contribution is 2.00. The van der Waals surface area contributed by atoms with Gasteiger partial charge < -0.3 is 9.57 Å². The van der Waals surface area contributed by atoms with Crippen LogP contribution < -0.4 is 0 Å². The average molecular weight is 285 g/mol. The normalized spacial score (nSPS) is 11.4. The molecule has 0 amide bonds. The zero-order valence-corrected chi connectivity index (χ0v) is 11.3. The van der Waals surface area contributed by atoms with Crippen LogP contribution in [0.1, 0.15) is 12.5 Å². The van der Waals surface area contributed by atoms with Crippen molar-refractivity contribution < 1.29 is 22.8 Å². The maximum atomic E-state index is 11.4. The van der Waals surface area contributed by atoms with E-state index in [0.29, 0.717) is 5.55 Å². The van der Waals surface area contributed by atoms with Crippen LogP contribution in [0.2, 0.25) is 0 Å². The van der Waals surface area contributed by atoms with Crippen LogP contribution in [0.5, 0.6) is 0 Å². The predicted octanol–water partition coefficient (Wildman–Crippen LogP) is 1.12. The van der Waals surface area contributed by atoms with Crippen LogP contribution in [0.4, 0.5) is 0 Å². The summed E-state index contributed by atoms with van der Waals surface area (Å²) < 4.78 is 27.3. The van der Waals surface area contributed by atoms with Crippen molar-refractivity contribution in [1.29, 1.82) is 0 Å². The van der Waals surface area contributed by atoms with Crippen molar-refractivity contribution in [3.8, 4) is 0 Å². The highest BCUT2D eigenvalue weighted by atomic mass is 32.2. The molecule has 0 saturated carbocycles. The molecule has 0 heterocycles. The number of sulfone groups is 1. The summed E-state index contributed by atoms with van der Waals surface area (Å²) in [4.78, 5) is 15.8. The fourth-order valence-electron chi connectivity index (χ4n) is 1.19. The van der Waals surface area contributed by atoms with Crippen molar-refractivity contribution >= 4 is 21.4 Å². The Bertz CT molecular complexity index is 524. The van der Waals surface area contributed by atoms with E-state index in [1.54, 1.807) is 6.92 Å². The molecular formula is C12H15NO5S. The third kappa shape index (κ3) is 6.56. The number of ether oxygens (including phenoxy) is 1. The number of carbonyl (C=O) groups is 1. The summed E-state index contributed by atoms with van der Waals surface area (Å²) in [5.74, 6) is -1.55. The number of oxime groups is 1. The Morgan fingerprint density at radius 2 is 2.00 bits per heavy atom. The zero-order valence-electron chi connectivity index (χ0n) is 10.5. The number of esters is 1. The van der Waals surface area contributed by atoms with Gasteiger partial charge in [-0.2, -0.15) is 0 Å². The molecule has 1 rings (SSSR count). The zero-order chi connectivity index (χ0) is 14.1. The van der Waals surface area contributed by atoms with Gasteiger partial charge in [0, 0.05) is 0 Å². The molecule has 0 aliphatic heterocycles. The first kappa shape index (κ1) is 15.2. The maximum absolute atomic E-state index is 11.4. The average Bonchev–Trinajstić information content (AvgIpc) is 2.35. The van der Waals surface area contributed by atoms with Crippen molar-refractivity contribution in [2.45, 2.75) is 13.5 Å². The van der Waals surface area contributed by atoms with Crippen molar-refractivity contribution in [2.75, 3.05) is 12.4 Å². The van der Waals surface area contributed by atoms with Crippen LogP contribution in [0.15, 0.2) is 35.5 Å². The standard InChI is InChI=1S/C12H15NO5S/c1-2-17-12(14)9-19(15,16)10-13-18-8-11-6-4-3-5-7-11/h3-7,10H,2,8-9H2,1H3/b13-10+. The molecule has 6 nitrogen and oxygen atoms in total. The lowest BCUT2D eigenvalue weighted by Crippen LogP contribution is -2.19. The molecule has 0 saturated heterocycles. The minimum Gasteiger partial charge on any atom is -0.465 e. The van der Waals surface area contributed by atoms with Crippen molar-refractivity contribution in [3.05, 3.63) is 35.9 Å². The summed E-state index contributed by atoms with van der Waals surface area (Å²) in [6.07, 6.45) is 0. The van der Waals surface area contributed by atoms with Gasteiger partial charge in [0.1, 0.15) is 6.61 Å². The van der Waals surface area contributed by atoms with E-state index >= 15 is 0 Å². The van der Waals surface area contributed by atoms with Gasteiger partial charge in [-0.15, -0.1) is 0 Å². The van der Waals surface area contributed by atoms with E-state index in [-0.39, 0.29) is 13.2 Å². The maximum Gasteiger partial charge on any atom is 0.321 e. The number of carbonyl (C=O) groups excluding carboxylic acids is 1. The SMILES string of the molecule is CCOC(=O)CS(=O)(=O)/C=N/OCc1ccccc1. The Morgan fingerprint density at radius 3 is 2.63 bits per heavy atom. The largest absolute Gasteiger partial charge is 0.465 e. The third-order valence-corrected chi connectivity index (χ3v) is 3.02. The van der Waals surface area contributed by atoms with E-state index in [1.165, 1.54) is 0 Å². The highest BCUT2D eigenvalue weighted by molar-refractivity contribution is 8.05. The fraction of sp³-hybridized carbons (Fsp3) is 0.333. The van der Waals surface area contributed by atoms with Crippen molar-refractivity contribution in [2.24, 2.45) is 5.16 Å². The third-order valence-electron chi connectivity index (χ3n) is 1.98. The number of benzene rings is 1. The number of rotatable bonds is 7. The van der Waals surface area contributed by atoms with E-state index < -0.39 is 21.6 Å². The molecule has 0 spiro atoms. The molecule has 7 heteroatoms. The summed E-state index contributed by atoms with van der Waals surface area (Å²) >= 11 is 0. The van der Waals surface area contributed by atoms with Gasteiger partial charge in [0.25, 0.3) is 0 Å². The second-order valence-electron chi connectivity index (χ2n) is 3.58. The number of hydrogen-bond acceptors (Lipinski definition) is 6. The second-order valence-corrected chi connectivity index (χ2v) is 5.41. The van der Waals surface area contributed by atoms with E-state index in [0.717, 1.165) is 5.56 Å². The Balaban J connectivity index is 2.41. The predicted molar refractivity (Wildman–Crippen MR) is 70.1 cm³/mol. The van der Waals surface area contributed by atoms with Crippen molar-refractivity contribution in [1.82, 2.24) is 0 Å². The Hall–Kier alpha value is -1.89. The first-order valence-corrected chi connectivity index (χ1v) is 7.32. The molecule has 0 aliphatic carbocycles. The molecular weight excluding hydrogens is 270 g/mol. The minimum absolute atomic E-state index is 0.135. The van der Waals surface area contributed by atoms with Crippen LogP contribution in [-0.2, 0) is 30.8 Å². The molecule has 0 N–H and O–H groups in total. The van der Waals surface area contributed by atoms with Gasteiger partial charge in [-0.1, -0.05) is 35.5 Å². The fourth-order valence-corrected chi connectivity index (χ4v) is 1.86. The first-order valence-electron chi connectivity index (χ1n) is 5.61. The summed E-state index contributed by atoms with van der Waals surface area (Å²) in [7, 11) is -3.75. The first-order chi connectivity index (χ1) is 9.03. The number of nitrogens with zero attached hydrogens (tertiary/aromatic N) is 1. The minimum atomic E-state index is -3.75. The monoisotopic (exact) mass is 285 g/mol. The topological polar surface area (TPSA) is 82.0 Å². The molecule has 0 aliphatic rings. The van der Waals surface area contributed by atoms with Crippen molar-refractivity contribution in [3.63, 3.8) is 0 Å². The van der Waals surface area contributed by atoms with Gasteiger partial charge in [0.05, 0.1) is 6.61 Å². The lowest BCUT2D eigenvalue weighted by molar-refractivity contribution is -0.139. The van der Waals surface area contributed by atoms with Gasteiger partial charge >= 0.3 is 5.97 Å². The summed E-state index contributed by atoms with van der Waals surface area (Å²) in [5, 5.41) is 3.33. The molecule has 0 atom stereocenters. The van der Waals surface area contributed by atoms with Crippen LogP contribution in [0.3, 0.4) is 0 Å². The van der Waals surface area contributed by atoms with Gasteiger partial charge in [0.15, 0.2) is 11.3 Å². The van der Waals surface area contributed by atoms with Gasteiger partial charge in [-0.05, 0) is 12.5 Å². The van der Waals surface area contributed by atoms with E-state index in [2.05, 4.69) is 9.89 Å². The van der Waals surface area contributed by atoms with Crippen LogP contribution in [-0.4, -0.2) is 32.3 Å². The summed E-state index contributed by atoms with van der Waals surface area (Å²) in [5.41, 5.74) is 1.48. The van der Waals surface area contributed by atoms with Crippen LogP contribution in [0.25, 0.3) is 0 Å². The summed E-state index contributed by atoms with van der Waals surface area (Å²) in [6.45, 7) is 1.89. The van der Waals surface area contributed by atoms with Crippen LogP contribution in [0, 0.1) is 0 Å². The molecule has 0 radical (unpaired) electrons. The molecule has 0 fully saturated rings. The lowest BCUT2D eigenvalue weighted by atomic mass is 10.2. The van der Waals surface area contributed by atoms with Gasteiger partial charge in [-0.3, -0.25) is 4.79 Å². The molecule has 1 aromatic carbocycles. The Kier molecular flexibility index (Phi) is 6.01. The molecule has 19 heavy (non-hydrogen) atoms. The van der Waals surface area contributed by atoms with E-state index in [1.807, 2.05) is 30.3 Å². The molecule has 1 aromatic rings. The Labute approximate surface area is 111 Å². The van der Waals surface area contributed by atoms with Crippen LogP contribution >= 0.6 is 0 Å².